The van der Waals surface area contributed by atoms with Gasteiger partial charge >= 0.3 is 0 Å². The third-order valence-corrected chi connectivity index (χ3v) is 4.55. The van der Waals surface area contributed by atoms with Crippen LogP contribution in [0, 0.1) is 6.92 Å². The molecule has 1 aliphatic rings. The van der Waals surface area contributed by atoms with Crippen LogP contribution in [-0.4, -0.2) is 54.1 Å². The third kappa shape index (κ3) is 4.71. The van der Waals surface area contributed by atoms with Crippen molar-refractivity contribution in [2.75, 3.05) is 32.1 Å². The van der Waals surface area contributed by atoms with E-state index in [1.165, 1.54) is 11.1 Å². The lowest BCUT2D eigenvalue weighted by atomic mass is 10.1. The molecule has 3 rings (SSSR count). The molecule has 1 aromatic heterocycles. The number of carbonyl (C=O) groups is 1. The summed E-state index contributed by atoms with van der Waals surface area (Å²) in [6.07, 6.45) is 5.43. The van der Waals surface area contributed by atoms with Crippen LogP contribution in [0.15, 0.2) is 36.7 Å². The Labute approximate surface area is 154 Å². The van der Waals surface area contributed by atoms with Crippen molar-refractivity contribution < 1.29 is 9.53 Å². The van der Waals surface area contributed by atoms with E-state index >= 15 is 0 Å². The Bertz CT molecular complexity index is 763. The van der Waals surface area contributed by atoms with Gasteiger partial charge in [-0.05, 0) is 18.9 Å². The molecule has 1 amide bonds. The molecule has 0 radical (unpaired) electrons. The second-order valence-electron chi connectivity index (χ2n) is 6.97. The first-order chi connectivity index (χ1) is 12.5. The van der Waals surface area contributed by atoms with Gasteiger partial charge in [0, 0.05) is 33.5 Å². The molecule has 6 heteroatoms. The van der Waals surface area contributed by atoms with E-state index in [9.17, 15) is 4.79 Å². The zero-order valence-electron chi connectivity index (χ0n) is 15.7. The summed E-state index contributed by atoms with van der Waals surface area (Å²) in [5.74, 6) is 1.45. The Balaban J connectivity index is 1.50. The first-order valence-corrected chi connectivity index (χ1v) is 9.00. The highest BCUT2D eigenvalue weighted by atomic mass is 16.5. The van der Waals surface area contributed by atoms with Crippen LogP contribution in [0.3, 0.4) is 0 Å². The number of likely N-dealkylation sites (tertiary alicyclic amines) is 1. The molecule has 1 fully saturated rings. The minimum atomic E-state index is -0.0235. The van der Waals surface area contributed by atoms with E-state index in [4.69, 9.17) is 4.74 Å². The number of anilines is 1. The summed E-state index contributed by atoms with van der Waals surface area (Å²) in [5, 5.41) is 0. The van der Waals surface area contributed by atoms with Crippen LogP contribution in [0.1, 0.15) is 24.0 Å². The zero-order valence-corrected chi connectivity index (χ0v) is 15.7. The number of benzene rings is 1. The summed E-state index contributed by atoms with van der Waals surface area (Å²) < 4.78 is 5.93. The average Bonchev–Trinajstić information content (AvgIpc) is 3.08. The van der Waals surface area contributed by atoms with E-state index < -0.39 is 0 Å². The number of nitrogens with zero attached hydrogens (tertiary/aromatic N) is 4. The first kappa shape index (κ1) is 18.2. The molecule has 1 aromatic carbocycles. The molecule has 26 heavy (non-hydrogen) atoms. The van der Waals surface area contributed by atoms with Gasteiger partial charge in [-0.15, -0.1) is 0 Å². The summed E-state index contributed by atoms with van der Waals surface area (Å²) in [6, 6.07) is 8.33. The fourth-order valence-corrected chi connectivity index (χ4v) is 3.11. The van der Waals surface area contributed by atoms with Crippen molar-refractivity contribution in [2.45, 2.75) is 32.3 Å². The van der Waals surface area contributed by atoms with Crippen molar-refractivity contribution in [1.82, 2.24) is 14.9 Å². The van der Waals surface area contributed by atoms with Gasteiger partial charge in [0.15, 0.2) is 5.82 Å². The van der Waals surface area contributed by atoms with Gasteiger partial charge in [-0.3, -0.25) is 9.78 Å². The number of ether oxygens (including phenoxy) is 1. The molecule has 2 heterocycles. The molecule has 138 valence electrons. The van der Waals surface area contributed by atoms with Gasteiger partial charge in [0.2, 0.25) is 11.8 Å². The van der Waals surface area contributed by atoms with Crippen LogP contribution in [0.4, 0.5) is 5.82 Å². The molecular weight excluding hydrogens is 328 g/mol. The van der Waals surface area contributed by atoms with Gasteiger partial charge in [-0.25, -0.2) is 0 Å². The minimum Gasteiger partial charge on any atom is -0.471 e. The Kier molecular flexibility index (Phi) is 5.71. The van der Waals surface area contributed by atoms with Crippen molar-refractivity contribution >= 4 is 11.7 Å². The SMILES string of the molecule is Cc1cccc(CCC(=O)N2CCC(Oc3cncc(N(C)C)n3)C2)c1. The molecule has 0 saturated carbocycles. The average molecular weight is 354 g/mol. The summed E-state index contributed by atoms with van der Waals surface area (Å²) in [7, 11) is 3.83. The number of aromatic nitrogens is 2. The Morgan fingerprint density at radius 1 is 1.35 bits per heavy atom. The lowest BCUT2D eigenvalue weighted by molar-refractivity contribution is -0.130. The van der Waals surface area contributed by atoms with E-state index in [-0.39, 0.29) is 12.0 Å². The van der Waals surface area contributed by atoms with Crippen LogP contribution in [-0.2, 0) is 11.2 Å². The summed E-state index contributed by atoms with van der Waals surface area (Å²) in [5.41, 5.74) is 2.44. The molecule has 1 unspecified atom stereocenters. The topological polar surface area (TPSA) is 58.6 Å². The second kappa shape index (κ2) is 8.17. The number of carbonyl (C=O) groups excluding carboxylic acids is 1. The molecule has 0 aliphatic carbocycles. The van der Waals surface area contributed by atoms with Crippen LogP contribution in [0.2, 0.25) is 0 Å². The quantitative estimate of drug-likeness (QED) is 0.798. The first-order valence-electron chi connectivity index (χ1n) is 9.00. The fraction of sp³-hybridized carbons (Fsp3) is 0.450. The normalized spacial score (nSPS) is 16.6. The molecule has 0 N–H and O–H groups in total. The largest absolute Gasteiger partial charge is 0.471 e. The summed E-state index contributed by atoms with van der Waals surface area (Å²) >= 11 is 0. The Morgan fingerprint density at radius 2 is 2.19 bits per heavy atom. The van der Waals surface area contributed by atoms with Crippen molar-refractivity contribution in [3.8, 4) is 5.88 Å². The van der Waals surface area contributed by atoms with Crippen LogP contribution in [0.5, 0.6) is 5.88 Å². The number of rotatable bonds is 6. The smallest absolute Gasteiger partial charge is 0.234 e. The molecule has 1 atom stereocenters. The van der Waals surface area contributed by atoms with Gasteiger partial charge in [0.05, 0.1) is 18.9 Å². The highest BCUT2D eigenvalue weighted by Gasteiger charge is 2.27. The molecule has 1 saturated heterocycles. The predicted octanol–water partition coefficient (Wildman–Crippen LogP) is 2.46. The van der Waals surface area contributed by atoms with E-state index in [2.05, 4.69) is 35.1 Å². The van der Waals surface area contributed by atoms with Gasteiger partial charge in [0.1, 0.15) is 6.10 Å². The van der Waals surface area contributed by atoms with E-state index in [1.54, 1.807) is 12.4 Å². The maximum atomic E-state index is 12.5. The molecular formula is C20H26N4O2. The lowest BCUT2D eigenvalue weighted by Gasteiger charge is -2.17. The molecule has 6 nitrogen and oxygen atoms in total. The van der Waals surface area contributed by atoms with Gasteiger partial charge in [0.25, 0.3) is 0 Å². The standard InChI is InChI=1S/C20H26N4O2/c1-15-5-4-6-16(11-15)7-8-20(25)24-10-9-17(14-24)26-19-13-21-12-18(22-19)23(2)3/h4-6,11-13,17H,7-10,14H2,1-3H3. The monoisotopic (exact) mass is 354 g/mol. The molecule has 0 spiro atoms. The molecule has 1 aliphatic heterocycles. The number of hydrogen-bond acceptors (Lipinski definition) is 5. The number of amides is 1. The van der Waals surface area contributed by atoms with Crippen molar-refractivity contribution in [3.63, 3.8) is 0 Å². The van der Waals surface area contributed by atoms with E-state index in [1.807, 2.05) is 30.0 Å². The van der Waals surface area contributed by atoms with E-state index in [0.29, 0.717) is 18.8 Å². The second-order valence-corrected chi connectivity index (χ2v) is 6.97. The van der Waals surface area contributed by atoms with Gasteiger partial charge < -0.3 is 14.5 Å². The predicted molar refractivity (Wildman–Crippen MR) is 101 cm³/mol. The summed E-state index contributed by atoms with van der Waals surface area (Å²) in [4.78, 5) is 24.8. The van der Waals surface area contributed by atoms with Crippen molar-refractivity contribution in [2.24, 2.45) is 0 Å². The van der Waals surface area contributed by atoms with Gasteiger partial charge in [-0.1, -0.05) is 29.8 Å². The fourth-order valence-electron chi connectivity index (χ4n) is 3.11. The third-order valence-electron chi connectivity index (χ3n) is 4.55. The Morgan fingerprint density at radius 3 is 2.96 bits per heavy atom. The zero-order chi connectivity index (χ0) is 18.5. The van der Waals surface area contributed by atoms with Gasteiger partial charge in [-0.2, -0.15) is 4.98 Å². The maximum absolute atomic E-state index is 12.5. The number of aryl methyl sites for hydroxylation is 2. The van der Waals surface area contributed by atoms with Crippen LogP contribution >= 0.6 is 0 Å². The lowest BCUT2D eigenvalue weighted by Crippen LogP contribution is -2.31. The maximum Gasteiger partial charge on any atom is 0.234 e. The van der Waals surface area contributed by atoms with Crippen LogP contribution in [0.25, 0.3) is 0 Å². The minimum absolute atomic E-state index is 0.0235. The number of hydrogen-bond donors (Lipinski definition) is 0. The molecule has 0 bridgehead atoms. The highest BCUT2D eigenvalue weighted by Crippen LogP contribution is 2.19. The molecule has 2 aromatic rings. The highest BCUT2D eigenvalue weighted by molar-refractivity contribution is 5.76. The van der Waals surface area contributed by atoms with Crippen molar-refractivity contribution in [1.29, 1.82) is 0 Å². The summed E-state index contributed by atoms with van der Waals surface area (Å²) in [6.45, 7) is 3.42. The van der Waals surface area contributed by atoms with E-state index in [0.717, 1.165) is 25.2 Å². The Hall–Kier alpha value is -2.63. The van der Waals surface area contributed by atoms with Crippen LogP contribution < -0.4 is 9.64 Å². The van der Waals surface area contributed by atoms with Crippen molar-refractivity contribution in [3.05, 3.63) is 47.8 Å².